The van der Waals surface area contributed by atoms with Gasteiger partial charge in [-0.2, -0.15) is 0 Å². The van der Waals surface area contributed by atoms with Crippen molar-refractivity contribution in [3.63, 3.8) is 0 Å². The SMILES string of the molecule is CCC[CH2][Sn]([CH2]CCC)([CH2]CCC)[CH]1CCCC(OCOC)C1. The van der Waals surface area contributed by atoms with E-state index in [1.54, 1.807) is 20.4 Å². The Kier molecular flexibility index (Phi) is 12.3. The van der Waals surface area contributed by atoms with Crippen LogP contribution < -0.4 is 0 Å². The monoisotopic (exact) mass is 434 g/mol. The van der Waals surface area contributed by atoms with Crippen molar-refractivity contribution in [3.8, 4) is 0 Å². The summed E-state index contributed by atoms with van der Waals surface area (Å²) in [6, 6.07) is 0. The maximum absolute atomic E-state index is 5.98. The number of hydrogen-bond donors (Lipinski definition) is 0. The third-order valence-corrected chi connectivity index (χ3v) is 24.0. The summed E-state index contributed by atoms with van der Waals surface area (Å²) in [4.78, 5) is 0. The number of unbranched alkanes of at least 4 members (excludes halogenated alkanes) is 3. The maximum atomic E-state index is 5.98. The van der Waals surface area contributed by atoms with Crippen LogP contribution >= 0.6 is 0 Å². The van der Waals surface area contributed by atoms with Gasteiger partial charge in [0.2, 0.25) is 0 Å². The summed E-state index contributed by atoms with van der Waals surface area (Å²) in [6.45, 7) is 7.61. The molecule has 3 heteroatoms. The molecule has 0 aliphatic heterocycles. The number of ether oxygens (including phenoxy) is 2. The summed E-state index contributed by atoms with van der Waals surface area (Å²) >= 11 is -2.05. The van der Waals surface area contributed by atoms with Gasteiger partial charge in [-0.25, -0.2) is 0 Å². The van der Waals surface area contributed by atoms with E-state index >= 15 is 0 Å². The third-order valence-electron chi connectivity index (χ3n) is 6.00. The van der Waals surface area contributed by atoms with Crippen molar-refractivity contribution in [2.75, 3.05) is 13.9 Å². The number of methoxy groups -OCH3 is 1. The van der Waals surface area contributed by atoms with E-state index in [0.29, 0.717) is 12.9 Å². The molecule has 0 aromatic carbocycles. The Morgan fingerprint density at radius 2 is 1.43 bits per heavy atom. The second-order valence-corrected chi connectivity index (χ2v) is 22.1. The van der Waals surface area contributed by atoms with Crippen molar-refractivity contribution in [3.05, 3.63) is 0 Å². The van der Waals surface area contributed by atoms with Gasteiger partial charge >= 0.3 is 150 Å². The zero-order valence-electron chi connectivity index (χ0n) is 16.4. The fraction of sp³-hybridized carbons (Fsp3) is 1.00. The molecule has 0 radical (unpaired) electrons. The second-order valence-electron chi connectivity index (χ2n) is 7.73. The molecule has 138 valence electrons. The van der Waals surface area contributed by atoms with E-state index in [9.17, 15) is 0 Å². The predicted molar refractivity (Wildman–Crippen MR) is 104 cm³/mol. The molecule has 0 saturated heterocycles. The van der Waals surface area contributed by atoms with Gasteiger partial charge in [0.05, 0.1) is 0 Å². The fourth-order valence-electron chi connectivity index (χ4n) is 4.59. The van der Waals surface area contributed by atoms with Crippen molar-refractivity contribution >= 4 is 18.4 Å². The van der Waals surface area contributed by atoms with Gasteiger partial charge < -0.3 is 0 Å². The quantitative estimate of drug-likeness (QED) is 0.236. The van der Waals surface area contributed by atoms with Crippen molar-refractivity contribution in [2.24, 2.45) is 0 Å². The predicted octanol–water partition coefficient (Wildman–Crippen LogP) is 6.77. The molecule has 2 nitrogen and oxygen atoms in total. The minimum atomic E-state index is -2.05. The van der Waals surface area contributed by atoms with Crippen LogP contribution in [0, 0.1) is 0 Å². The zero-order chi connectivity index (χ0) is 17.0. The van der Waals surface area contributed by atoms with Crippen LogP contribution in [0.25, 0.3) is 0 Å². The van der Waals surface area contributed by atoms with Gasteiger partial charge in [-0.1, -0.05) is 0 Å². The van der Waals surface area contributed by atoms with Gasteiger partial charge in [0.25, 0.3) is 0 Å². The molecule has 2 unspecified atom stereocenters. The molecule has 1 aliphatic rings. The first-order valence-electron chi connectivity index (χ1n) is 10.3. The van der Waals surface area contributed by atoms with E-state index in [1.807, 2.05) is 0 Å². The van der Waals surface area contributed by atoms with Crippen LogP contribution in [0.2, 0.25) is 17.2 Å². The molecule has 1 aliphatic carbocycles. The summed E-state index contributed by atoms with van der Waals surface area (Å²) in [7, 11) is 1.74. The van der Waals surface area contributed by atoms with Gasteiger partial charge in [0.1, 0.15) is 0 Å². The van der Waals surface area contributed by atoms with Crippen LogP contribution in [0.5, 0.6) is 0 Å². The fourth-order valence-corrected chi connectivity index (χ4v) is 23.8. The molecule has 0 aromatic rings. The van der Waals surface area contributed by atoms with Gasteiger partial charge in [-0.05, 0) is 0 Å². The molecule has 0 aromatic heterocycles. The molecular weight excluding hydrogens is 391 g/mol. The van der Waals surface area contributed by atoms with Crippen molar-refractivity contribution in [1.29, 1.82) is 0 Å². The first kappa shape index (κ1) is 21.8. The summed E-state index contributed by atoms with van der Waals surface area (Å²) in [5.41, 5.74) is 0. The number of rotatable bonds is 13. The van der Waals surface area contributed by atoms with Crippen LogP contribution in [0.1, 0.15) is 85.0 Å². The van der Waals surface area contributed by atoms with Crippen LogP contribution in [-0.4, -0.2) is 38.4 Å². The van der Waals surface area contributed by atoms with E-state index in [4.69, 9.17) is 9.47 Å². The molecular formula is C20H42O2Sn. The van der Waals surface area contributed by atoms with Gasteiger partial charge in [0.15, 0.2) is 0 Å². The summed E-state index contributed by atoms with van der Waals surface area (Å²) < 4.78 is 17.1. The van der Waals surface area contributed by atoms with E-state index in [2.05, 4.69) is 20.8 Å². The first-order chi connectivity index (χ1) is 11.2. The molecule has 1 fully saturated rings. The Morgan fingerprint density at radius 3 is 1.91 bits per heavy atom. The van der Waals surface area contributed by atoms with Gasteiger partial charge in [-0.15, -0.1) is 0 Å². The Labute approximate surface area is 150 Å². The van der Waals surface area contributed by atoms with Crippen molar-refractivity contribution in [1.82, 2.24) is 0 Å². The van der Waals surface area contributed by atoms with Crippen molar-refractivity contribution in [2.45, 2.75) is 108 Å². The van der Waals surface area contributed by atoms with Crippen LogP contribution in [0.3, 0.4) is 0 Å². The van der Waals surface area contributed by atoms with E-state index in [0.717, 1.165) is 3.93 Å². The van der Waals surface area contributed by atoms with Crippen LogP contribution in [0.4, 0.5) is 0 Å². The van der Waals surface area contributed by atoms with E-state index in [1.165, 1.54) is 64.2 Å². The molecule has 1 rings (SSSR count). The Morgan fingerprint density at radius 1 is 0.870 bits per heavy atom. The van der Waals surface area contributed by atoms with E-state index < -0.39 is 18.4 Å². The molecule has 1 saturated carbocycles. The Bertz CT molecular complexity index is 261. The van der Waals surface area contributed by atoms with Crippen molar-refractivity contribution < 1.29 is 9.47 Å². The first-order valence-corrected chi connectivity index (χ1v) is 18.0. The normalized spacial score (nSPS) is 22.4. The van der Waals surface area contributed by atoms with Crippen LogP contribution in [0.15, 0.2) is 0 Å². The van der Waals surface area contributed by atoms with Crippen LogP contribution in [-0.2, 0) is 9.47 Å². The zero-order valence-corrected chi connectivity index (χ0v) is 19.2. The molecule has 0 N–H and O–H groups in total. The molecule has 0 spiro atoms. The molecule has 23 heavy (non-hydrogen) atoms. The standard InChI is InChI=1S/C8H15O2.3C4H9.Sn/c1-9-7-10-8-5-3-2-4-6-8;3*1-3-4-2;/h3,8H,2,4-7H2,1H3;3*1,3-4H2,2H3;. The minimum absolute atomic E-state index is 0.481. The molecule has 0 bridgehead atoms. The average molecular weight is 433 g/mol. The summed E-state index contributed by atoms with van der Waals surface area (Å²) in [5, 5.41) is 0. The molecule has 2 atom stereocenters. The third kappa shape index (κ3) is 7.64. The summed E-state index contributed by atoms with van der Waals surface area (Å²) in [6.07, 6.45) is 14.6. The summed E-state index contributed by atoms with van der Waals surface area (Å²) in [5.74, 6) is 0. The Balaban J connectivity index is 2.80. The Hall–Kier alpha value is 0.719. The molecule has 0 heterocycles. The topological polar surface area (TPSA) is 18.5 Å². The average Bonchev–Trinajstić information content (AvgIpc) is 2.60. The second kappa shape index (κ2) is 13.0. The van der Waals surface area contributed by atoms with E-state index in [-0.39, 0.29) is 0 Å². The molecule has 0 amide bonds. The van der Waals surface area contributed by atoms with Gasteiger partial charge in [-0.3, -0.25) is 0 Å². The number of hydrogen-bond acceptors (Lipinski definition) is 2. The van der Waals surface area contributed by atoms with Gasteiger partial charge in [0, 0.05) is 0 Å².